The molecule has 140 valence electrons. The fourth-order valence-corrected chi connectivity index (χ4v) is 3.84. The molecule has 0 radical (unpaired) electrons. The van der Waals surface area contributed by atoms with Gasteiger partial charge in [-0.3, -0.25) is 0 Å². The molecule has 0 bridgehead atoms. The Bertz CT molecular complexity index is 656. The summed E-state index contributed by atoms with van der Waals surface area (Å²) in [7, 11) is -0.370. The molecule has 8 heteroatoms. The van der Waals surface area contributed by atoms with Gasteiger partial charge in [0.1, 0.15) is 0 Å². The van der Waals surface area contributed by atoms with Crippen LogP contribution in [0, 0.1) is 0 Å². The van der Waals surface area contributed by atoms with E-state index in [0.29, 0.717) is 26.2 Å². The molecule has 0 aliphatic carbocycles. The predicted molar refractivity (Wildman–Crippen MR) is 98.5 cm³/mol. The van der Waals surface area contributed by atoms with Crippen LogP contribution in [0.3, 0.4) is 0 Å². The van der Waals surface area contributed by atoms with Crippen molar-refractivity contribution in [2.75, 3.05) is 40.3 Å². The Balaban J connectivity index is 1.76. The number of carbonyl (C=O) groups is 1. The SMILES string of the molecule is C[C@H](CCc1ccccc1)NC(=O)N1CCN(S(=O)(=O)N(C)C)CC1. The van der Waals surface area contributed by atoms with Gasteiger partial charge in [-0.2, -0.15) is 17.0 Å². The fourth-order valence-electron chi connectivity index (χ4n) is 2.75. The zero-order chi connectivity index (χ0) is 18.4. The van der Waals surface area contributed by atoms with Crippen LogP contribution in [0.5, 0.6) is 0 Å². The lowest BCUT2D eigenvalue weighted by Gasteiger charge is -2.35. The summed E-state index contributed by atoms with van der Waals surface area (Å²) >= 11 is 0. The lowest BCUT2D eigenvalue weighted by molar-refractivity contribution is 0.167. The highest BCUT2D eigenvalue weighted by atomic mass is 32.2. The number of piperazine rings is 1. The Morgan fingerprint density at radius 2 is 1.76 bits per heavy atom. The molecule has 25 heavy (non-hydrogen) atoms. The van der Waals surface area contributed by atoms with E-state index in [2.05, 4.69) is 17.4 Å². The van der Waals surface area contributed by atoms with E-state index in [1.807, 2.05) is 25.1 Å². The third-order valence-corrected chi connectivity index (χ3v) is 6.33. The molecule has 0 aromatic heterocycles. The first-order chi connectivity index (χ1) is 11.8. The van der Waals surface area contributed by atoms with Crippen molar-refractivity contribution < 1.29 is 13.2 Å². The molecule has 0 saturated carbocycles. The minimum Gasteiger partial charge on any atom is -0.336 e. The lowest BCUT2D eigenvalue weighted by atomic mass is 10.1. The maximum Gasteiger partial charge on any atom is 0.317 e. The summed E-state index contributed by atoms with van der Waals surface area (Å²) in [6, 6.07) is 10.1. The van der Waals surface area contributed by atoms with Crippen LogP contribution in [0.15, 0.2) is 30.3 Å². The van der Waals surface area contributed by atoms with Gasteiger partial charge < -0.3 is 10.2 Å². The second-order valence-electron chi connectivity index (χ2n) is 6.55. The number of carbonyl (C=O) groups excluding carboxylic acids is 1. The number of nitrogens with zero attached hydrogens (tertiary/aromatic N) is 3. The van der Waals surface area contributed by atoms with Crippen LogP contribution in [0.4, 0.5) is 4.79 Å². The Hall–Kier alpha value is -1.64. The van der Waals surface area contributed by atoms with Crippen LogP contribution < -0.4 is 5.32 Å². The van der Waals surface area contributed by atoms with Gasteiger partial charge in [0.05, 0.1) is 0 Å². The van der Waals surface area contributed by atoms with Crippen LogP contribution in [0.2, 0.25) is 0 Å². The molecule has 1 aliphatic heterocycles. The van der Waals surface area contributed by atoms with Gasteiger partial charge in [0.15, 0.2) is 0 Å². The highest BCUT2D eigenvalue weighted by Crippen LogP contribution is 2.10. The van der Waals surface area contributed by atoms with Crippen molar-refractivity contribution in [2.24, 2.45) is 0 Å². The first kappa shape index (κ1) is 19.7. The third-order valence-electron chi connectivity index (χ3n) is 4.39. The number of rotatable bonds is 6. The number of hydrogen-bond acceptors (Lipinski definition) is 3. The van der Waals surface area contributed by atoms with Crippen LogP contribution in [-0.4, -0.2) is 74.3 Å². The molecule has 1 aromatic carbocycles. The van der Waals surface area contributed by atoms with Crippen LogP contribution in [0.25, 0.3) is 0 Å². The monoisotopic (exact) mass is 368 g/mol. The predicted octanol–water partition coefficient (Wildman–Crippen LogP) is 1.14. The van der Waals surface area contributed by atoms with Gasteiger partial charge in [0.25, 0.3) is 10.2 Å². The molecule has 0 spiro atoms. The lowest BCUT2D eigenvalue weighted by Crippen LogP contribution is -2.55. The summed E-state index contributed by atoms with van der Waals surface area (Å²) in [4.78, 5) is 14.0. The maximum absolute atomic E-state index is 12.3. The number of urea groups is 1. The standard InChI is InChI=1S/C17H28N4O3S/c1-15(9-10-16-7-5-4-6-8-16)18-17(22)20-11-13-21(14-12-20)25(23,24)19(2)3/h4-8,15H,9-14H2,1-3H3,(H,18,22)/t15-/m1/s1. The molecule has 1 aliphatic rings. The number of hydrogen-bond donors (Lipinski definition) is 1. The molecule has 1 atom stereocenters. The van der Waals surface area contributed by atoms with Gasteiger partial charge in [-0.25, -0.2) is 4.79 Å². The van der Waals surface area contributed by atoms with Crippen LogP contribution in [0.1, 0.15) is 18.9 Å². The second-order valence-corrected chi connectivity index (χ2v) is 8.69. The third kappa shape index (κ3) is 5.42. The van der Waals surface area contributed by atoms with E-state index in [-0.39, 0.29) is 12.1 Å². The van der Waals surface area contributed by atoms with Crippen molar-refractivity contribution >= 4 is 16.2 Å². The summed E-state index contributed by atoms with van der Waals surface area (Å²) in [5.41, 5.74) is 1.26. The first-order valence-corrected chi connectivity index (χ1v) is 9.97. The molecular weight excluding hydrogens is 340 g/mol. The average molecular weight is 369 g/mol. The number of benzene rings is 1. The molecule has 2 amide bonds. The highest BCUT2D eigenvalue weighted by molar-refractivity contribution is 7.86. The van der Waals surface area contributed by atoms with Crippen molar-refractivity contribution in [3.05, 3.63) is 35.9 Å². The van der Waals surface area contributed by atoms with E-state index in [1.54, 1.807) is 4.90 Å². The second kappa shape index (κ2) is 8.64. The van der Waals surface area contributed by atoms with Crippen molar-refractivity contribution in [1.29, 1.82) is 0 Å². The summed E-state index contributed by atoms with van der Waals surface area (Å²) in [6.45, 7) is 3.46. The number of amides is 2. The van der Waals surface area contributed by atoms with Crippen molar-refractivity contribution in [1.82, 2.24) is 18.8 Å². The molecule has 1 saturated heterocycles. The molecule has 7 nitrogen and oxygen atoms in total. The van der Waals surface area contributed by atoms with Gasteiger partial charge in [-0.15, -0.1) is 0 Å². The van der Waals surface area contributed by atoms with Crippen molar-refractivity contribution in [3.8, 4) is 0 Å². The molecule has 1 aromatic rings. The summed E-state index contributed by atoms with van der Waals surface area (Å²) in [5, 5.41) is 3.00. The number of nitrogens with one attached hydrogen (secondary N) is 1. The minimum absolute atomic E-state index is 0.0660. The van der Waals surface area contributed by atoms with E-state index in [0.717, 1.165) is 12.8 Å². The van der Waals surface area contributed by atoms with Crippen molar-refractivity contribution in [3.63, 3.8) is 0 Å². The Labute approximate surface area is 150 Å². The number of aryl methyl sites for hydroxylation is 1. The zero-order valence-electron chi connectivity index (χ0n) is 15.2. The van der Waals surface area contributed by atoms with Gasteiger partial charge >= 0.3 is 6.03 Å². The van der Waals surface area contributed by atoms with E-state index in [1.165, 1.54) is 28.3 Å². The topological polar surface area (TPSA) is 73.0 Å². The molecule has 1 fully saturated rings. The van der Waals surface area contributed by atoms with E-state index in [9.17, 15) is 13.2 Å². The minimum atomic E-state index is -3.40. The molecule has 0 unspecified atom stereocenters. The van der Waals surface area contributed by atoms with Gasteiger partial charge in [0.2, 0.25) is 0 Å². The molecule has 2 rings (SSSR count). The van der Waals surface area contributed by atoms with Gasteiger partial charge in [0, 0.05) is 46.3 Å². The quantitative estimate of drug-likeness (QED) is 0.818. The highest BCUT2D eigenvalue weighted by Gasteiger charge is 2.30. The summed E-state index contributed by atoms with van der Waals surface area (Å²) < 4.78 is 26.8. The van der Waals surface area contributed by atoms with Gasteiger partial charge in [-0.05, 0) is 25.3 Å². The Morgan fingerprint density at radius 3 is 2.32 bits per heavy atom. The van der Waals surface area contributed by atoms with E-state index >= 15 is 0 Å². The van der Waals surface area contributed by atoms with Crippen LogP contribution >= 0.6 is 0 Å². The summed E-state index contributed by atoms with van der Waals surface area (Å²) in [5.74, 6) is 0. The molecule has 1 heterocycles. The summed E-state index contributed by atoms with van der Waals surface area (Å²) in [6.07, 6.45) is 1.78. The van der Waals surface area contributed by atoms with Gasteiger partial charge in [-0.1, -0.05) is 30.3 Å². The van der Waals surface area contributed by atoms with E-state index in [4.69, 9.17) is 0 Å². The smallest absolute Gasteiger partial charge is 0.317 e. The normalized spacial score (nSPS) is 17.5. The average Bonchev–Trinajstić information content (AvgIpc) is 2.60. The largest absolute Gasteiger partial charge is 0.336 e. The molecule has 1 N–H and O–H groups in total. The Morgan fingerprint density at radius 1 is 1.16 bits per heavy atom. The first-order valence-electron chi connectivity index (χ1n) is 8.57. The maximum atomic E-state index is 12.3. The van der Waals surface area contributed by atoms with E-state index < -0.39 is 10.2 Å². The van der Waals surface area contributed by atoms with Crippen molar-refractivity contribution in [2.45, 2.75) is 25.8 Å². The Kier molecular flexibility index (Phi) is 6.80. The fraction of sp³-hybridized carbons (Fsp3) is 0.588. The zero-order valence-corrected chi connectivity index (χ0v) is 16.0. The molecular formula is C17H28N4O3S. The van der Waals surface area contributed by atoms with Crippen LogP contribution in [-0.2, 0) is 16.6 Å².